The number of pyridine rings is 1. The predicted octanol–water partition coefficient (Wildman–Crippen LogP) is 1.58. The zero-order valence-corrected chi connectivity index (χ0v) is 15.9. The van der Waals surface area contributed by atoms with Gasteiger partial charge in [0, 0.05) is 24.7 Å². The molecule has 0 amide bonds. The Morgan fingerprint density at radius 1 is 1.32 bits per heavy atom. The second kappa shape index (κ2) is 6.34. The summed E-state index contributed by atoms with van der Waals surface area (Å²) in [7, 11) is 1.47. The molecule has 0 aromatic carbocycles. The molecule has 2 aliphatic carbocycles. The van der Waals surface area contributed by atoms with Gasteiger partial charge in [-0.25, -0.2) is 9.18 Å². The van der Waals surface area contributed by atoms with Crippen molar-refractivity contribution in [3.8, 4) is 5.75 Å². The first-order valence-electron chi connectivity index (χ1n) is 10.0. The molecule has 3 atom stereocenters. The van der Waals surface area contributed by atoms with Crippen molar-refractivity contribution < 1.29 is 9.13 Å². The van der Waals surface area contributed by atoms with Gasteiger partial charge in [-0.3, -0.25) is 14.2 Å². The monoisotopic (exact) mass is 388 g/mol. The number of aromatic amines is 1. The molecule has 5 rings (SSSR count). The van der Waals surface area contributed by atoms with Crippen LogP contribution in [0.15, 0.2) is 15.8 Å². The van der Waals surface area contributed by atoms with Crippen LogP contribution in [0.25, 0.3) is 5.52 Å². The number of nitrogens with two attached hydrogens (primary N) is 1. The lowest BCUT2D eigenvalue weighted by Crippen LogP contribution is -2.31. The van der Waals surface area contributed by atoms with E-state index in [-0.39, 0.29) is 11.7 Å². The topological polar surface area (TPSA) is 92.8 Å². The number of hydrogen-bond acceptors (Lipinski definition) is 5. The first kappa shape index (κ1) is 17.7. The summed E-state index contributed by atoms with van der Waals surface area (Å²) in [6, 6.07) is 0.320. The molecule has 3 unspecified atom stereocenters. The minimum Gasteiger partial charge on any atom is -0.492 e. The summed E-state index contributed by atoms with van der Waals surface area (Å²) in [5.41, 5.74) is 6.19. The van der Waals surface area contributed by atoms with Crippen molar-refractivity contribution in [2.75, 3.05) is 25.1 Å². The van der Waals surface area contributed by atoms with Gasteiger partial charge in [-0.15, -0.1) is 0 Å². The second-order valence-electron chi connectivity index (χ2n) is 8.52. The largest absolute Gasteiger partial charge is 0.492 e. The number of H-pyrrole nitrogens is 1. The van der Waals surface area contributed by atoms with Crippen molar-refractivity contribution in [2.24, 2.45) is 17.6 Å². The maximum Gasteiger partial charge on any atom is 0.333 e. The summed E-state index contributed by atoms with van der Waals surface area (Å²) >= 11 is 0. The van der Waals surface area contributed by atoms with Crippen LogP contribution in [0.5, 0.6) is 5.75 Å². The SMILES string of the molecule is COc1c(N2CCC(CC3CC3N)C2)c(F)cn2c(=O)[nH]c(=O)c(C3CC3)c12. The fourth-order valence-electron chi connectivity index (χ4n) is 4.75. The van der Waals surface area contributed by atoms with E-state index in [4.69, 9.17) is 10.5 Å². The van der Waals surface area contributed by atoms with E-state index in [1.54, 1.807) is 0 Å². The summed E-state index contributed by atoms with van der Waals surface area (Å²) in [5.74, 6) is 0.933. The van der Waals surface area contributed by atoms with E-state index < -0.39 is 17.1 Å². The molecule has 3 N–H and O–H groups in total. The fraction of sp³-hybridized carbons (Fsp3) is 0.600. The number of rotatable bonds is 5. The van der Waals surface area contributed by atoms with Gasteiger partial charge >= 0.3 is 5.69 Å². The van der Waals surface area contributed by atoms with Crippen LogP contribution < -0.4 is 26.6 Å². The third-order valence-corrected chi connectivity index (χ3v) is 6.48. The molecule has 1 aliphatic heterocycles. The van der Waals surface area contributed by atoms with Crippen molar-refractivity contribution in [3.05, 3.63) is 38.4 Å². The number of anilines is 1. The summed E-state index contributed by atoms with van der Waals surface area (Å²) in [6.45, 7) is 1.46. The van der Waals surface area contributed by atoms with Crippen molar-refractivity contribution in [2.45, 2.75) is 44.1 Å². The normalized spacial score (nSPS) is 26.8. The molecule has 3 fully saturated rings. The number of methoxy groups -OCH3 is 1. The molecule has 1 saturated heterocycles. The number of fused-ring (bicyclic) bond motifs is 1. The third kappa shape index (κ3) is 2.82. The second-order valence-corrected chi connectivity index (χ2v) is 8.52. The van der Waals surface area contributed by atoms with Gasteiger partial charge in [-0.1, -0.05) is 0 Å². The Hall–Kier alpha value is -2.35. The van der Waals surface area contributed by atoms with E-state index in [1.165, 1.54) is 17.7 Å². The average molecular weight is 388 g/mol. The Morgan fingerprint density at radius 2 is 2.07 bits per heavy atom. The lowest BCUT2D eigenvalue weighted by atomic mass is 10.0. The van der Waals surface area contributed by atoms with Crippen LogP contribution >= 0.6 is 0 Å². The van der Waals surface area contributed by atoms with E-state index in [2.05, 4.69) is 4.98 Å². The highest BCUT2D eigenvalue weighted by atomic mass is 19.1. The van der Waals surface area contributed by atoms with Gasteiger partial charge < -0.3 is 15.4 Å². The van der Waals surface area contributed by atoms with E-state index in [9.17, 15) is 9.59 Å². The van der Waals surface area contributed by atoms with Crippen LogP contribution in [0.2, 0.25) is 0 Å². The van der Waals surface area contributed by atoms with Gasteiger partial charge in [0.2, 0.25) is 0 Å². The molecule has 0 radical (unpaired) electrons. The smallest absolute Gasteiger partial charge is 0.333 e. The Morgan fingerprint density at radius 3 is 2.71 bits per heavy atom. The Kier molecular flexibility index (Phi) is 4.01. The van der Waals surface area contributed by atoms with E-state index in [0.29, 0.717) is 34.6 Å². The lowest BCUT2D eigenvalue weighted by molar-refractivity contribution is 0.412. The zero-order chi connectivity index (χ0) is 19.6. The van der Waals surface area contributed by atoms with E-state index in [0.717, 1.165) is 45.2 Å². The van der Waals surface area contributed by atoms with Crippen LogP contribution in [-0.2, 0) is 0 Å². The van der Waals surface area contributed by atoms with Crippen molar-refractivity contribution in [3.63, 3.8) is 0 Å². The molecule has 2 aromatic heterocycles. The van der Waals surface area contributed by atoms with Crippen LogP contribution in [0.4, 0.5) is 10.1 Å². The molecular weight excluding hydrogens is 363 g/mol. The summed E-state index contributed by atoms with van der Waals surface area (Å²) in [6.07, 6.45) is 6.10. The summed E-state index contributed by atoms with van der Waals surface area (Å²) < 4.78 is 21.9. The van der Waals surface area contributed by atoms with Crippen LogP contribution in [0.1, 0.15) is 43.6 Å². The van der Waals surface area contributed by atoms with Crippen molar-refractivity contribution >= 4 is 11.2 Å². The van der Waals surface area contributed by atoms with Gasteiger partial charge in [-0.05, 0) is 49.9 Å². The Bertz CT molecular complexity index is 1060. The summed E-state index contributed by atoms with van der Waals surface area (Å²) in [5, 5.41) is 0. The maximum atomic E-state index is 15.1. The maximum absolute atomic E-state index is 15.1. The molecule has 8 heteroatoms. The zero-order valence-electron chi connectivity index (χ0n) is 15.9. The molecule has 2 aromatic rings. The van der Waals surface area contributed by atoms with Crippen LogP contribution in [0.3, 0.4) is 0 Å². The summed E-state index contributed by atoms with van der Waals surface area (Å²) in [4.78, 5) is 29.1. The van der Waals surface area contributed by atoms with Gasteiger partial charge in [0.25, 0.3) is 5.56 Å². The highest BCUT2D eigenvalue weighted by Gasteiger charge is 2.38. The molecule has 0 bridgehead atoms. The highest BCUT2D eigenvalue weighted by Crippen LogP contribution is 2.46. The number of nitrogens with one attached hydrogen (secondary N) is 1. The molecule has 7 nitrogen and oxygen atoms in total. The van der Waals surface area contributed by atoms with E-state index >= 15 is 4.39 Å². The van der Waals surface area contributed by atoms with E-state index in [1.807, 2.05) is 4.90 Å². The first-order valence-corrected chi connectivity index (χ1v) is 10.0. The number of nitrogens with zero attached hydrogens (tertiary/aromatic N) is 2. The number of halogens is 1. The lowest BCUT2D eigenvalue weighted by Gasteiger charge is -2.24. The van der Waals surface area contributed by atoms with Crippen LogP contribution in [0, 0.1) is 17.7 Å². The molecule has 0 spiro atoms. The van der Waals surface area contributed by atoms with Gasteiger partial charge in [0.1, 0.15) is 11.2 Å². The number of aromatic nitrogens is 2. The standard InChI is InChI=1S/C20H25FN4O3/c1-28-18-16(24-5-4-10(8-24)6-12-7-14(12)22)13(21)9-25-17(18)15(11-2-3-11)19(26)23-20(25)27/h9-12,14H,2-8,22H2,1H3,(H,23,26,27). The van der Waals surface area contributed by atoms with Crippen LogP contribution in [-0.4, -0.2) is 35.6 Å². The molecule has 3 aliphatic rings. The van der Waals surface area contributed by atoms with Crippen molar-refractivity contribution in [1.29, 1.82) is 0 Å². The minimum atomic E-state index is -0.643. The van der Waals surface area contributed by atoms with Gasteiger partial charge in [0.15, 0.2) is 11.6 Å². The number of ether oxygens (including phenoxy) is 1. The molecular formula is C20H25FN4O3. The minimum absolute atomic E-state index is 0.0919. The van der Waals surface area contributed by atoms with Gasteiger partial charge in [0.05, 0.1) is 13.3 Å². The third-order valence-electron chi connectivity index (χ3n) is 6.48. The van der Waals surface area contributed by atoms with Gasteiger partial charge in [-0.2, -0.15) is 0 Å². The highest BCUT2D eigenvalue weighted by molar-refractivity contribution is 5.78. The Labute approximate surface area is 161 Å². The molecule has 3 heterocycles. The molecule has 150 valence electrons. The quantitative estimate of drug-likeness (QED) is 0.811. The Balaban J connectivity index is 1.61. The average Bonchev–Trinajstić information content (AvgIpc) is 3.55. The number of hydrogen-bond donors (Lipinski definition) is 2. The fourth-order valence-corrected chi connectivity index (χ4v) is 4.75. The first-order chi connectivity index (χ1) is 13.5. The van der Waals surface area contributed by atoms with Crippen molar-refractivity contribution in [1.82, 2.24) is 9.38 Å². The molecule has 2 saturated carbocycles. The predicted molar refractivity (Wildman–Crippen MR) is 104 cm³/mol. The molecule has 28 heavy (non-hydrogen) atoms.